The summed E-state index contributed by atoms with van der Waals surface area (Å²) < 4.78 is 14.5. The summed E-state index contributed by atoms with van der Waals surface area (Å²) in [5, 5.41) is 10.3. The number of hydrogen-bond acceptors (Lipinski definition) is 4. The number of rotatable bonds is 4. The second-order valence-electron chi connectivity index (χ2n) is 4.86. The van der Waals surface area contributed by atoms with E-state index in [0.717, 1.165) is 6.42 Å². The molecule has 0 bridgehead atoms. The molecule has 0 saturated heterocycles. The first-order chi connectivity index (χ1) is 10.4. The molecule has 1 aromatic heterocycles. The Labute approximate surface area is 131 Å². The normalized spacial score (nSPS) is 12.7. The van der Waals surface area contributed by atoms with Crippen LogP contribution in [0.1, 0.15) is 31.9 Å². The highest BCUT2D eigenvalue weighted by molar-refractivity contribution is 7.71. The molecule has 0 saturated carbocycles. The van der Waals surface area contributed by atoms with Gasteiger partial charge in [-0.2, -0.15) is 0 Å². The molecule has 5 nitrogen and oxygen atoms in total. The molecule has 2 N–H and O–H groups in total. The maximum absolute atomic E-state index is 12.8. The Balaban J connectivity index is 2.49. The van der Waals surface area contributed by atoms with Gasteiger partial charge in [-0.25, -0.2) is 4.39 Å². The molecule has 7 heteroatoms. The molecular weight excluding hydrogens is 305 g/mol. The molecule has 0 fully saturated rings. The van der Waals surface area contributed by atoms with Gasteiger partial charge < -0.3 is 5.11 Å². The Morgan fingerprint density at radius 1 is 1.45 bits per heavy atom. The minimum atomic E-state index is -0.520. The van der Waals surface area contributed by atoms with Crippen molar-refractivity contribution in [1.29, 1.82) is 0 Å². The summed E-state index contributed by atoms with van der Waals surface area (Å²) in [5.74, 6) is -0.598. The zero-order chi connectivity index (χ0) is 16.3. The van der Waals surface area contributed by atoms with Gasteiger partial charge in [0.25, 0.3) is 5.56 Å². The highest BCUT2D eigenvalue weighted by Gasteiger charge is 2.14. The summed E-state index contributed by atoms with van der Waals surface area (Å²) in [6.07, 6.45) is 1.98. The minimum absolute atomic E-state index is 0.0122. The Morgan fingerprint density at radius 3 is 2.68 bits per heavy atom. The van der Waals surface area contributed by atoms with E-state index < -0.39 is 5.56 Å². The van der Waals surface area contributed by atoms with Crippen molar-refractivity contribution in [2.45, 2.75) is 26.3 Å². The van der Waals surface area contributed by atoms with Crippen LogP contribution in [0.4, 0.5) is 10.1 Å². The number of aromatic hydroxyl groups is 1. The van der Waals surface area contributed by atoms with Gasteiger partial charge in [-0.15, -0.1) is 0 Å². The number of H-pyrrole nitrogens is 1. The van der Waals surface area contributed by atoms with Gasteiger partial charge in [-0.05, 0) is 49.8 Å². The van der Waals surface area contributed by atoms with Gasteiger partial charge in [0.15, 0.2) is 4.77 Å². The van der Waals surface area contributed by atoms with Crippen molar-refractivity contribution in [3.8, 4) is 5.88 Å². The first kappa shape index (κ1) is 16.1. The monoisotopic (exact) mass is 321 g/mol. The summed E-state index contributed by atoms with van der Waals surface area (Å²) in [5.41, 5.74) is -0.0381. The van der Waals surface area contributed by atoms with Crippen molar-refractivity contribution < 1.29 is 9.50 Å². The van der Waals surface area contributed by atoms with Gasteiger partial charge in [-0.1, -0.05) is 6.92 Å². The molecular formula is C15H16FN3O2S. The standard InChI is InChI=1S/C15H16FN3O2S/c1-3-9(2)19-14(21)12(13(20)18-15(19)22)8-17-11-6-4-10(16)5-7-11/h4-9,21H,3H2,1-2H3,(H,18,20,22)/t9-/m1/s1. The van der Waals surface area contributed by atoms with E-state index >= 15 is 0 Å². The minimum Gasteiger partial charge on any atom is -0.494 e. The van der Waals surface area contributed by atoms with Crippen LogP contribution in [0.2, 0.25) is 0 Å². The summed E-state index contributed by atoms with van der Waals surface area (Å²) in [6.45, 7) is 3.83. The Morgan fingerprint density at radius 2 is 2.09 bits per heavy atom. The lowest BCUT2D eigenvalue weighted by atomic mass is 10.2. The molecule has 22 heavy (non-hydrogen) atoms. The van der Waals surface area contributed by atoms with Gasteiger partial charge >= 0.3 is 0 Å². The van der Waals surface area contributed by atoms with Crippen LogP contribution in [0.3, 0.4) is 0 Å². The third-order valence-electron chi connectivity index (χ3n) is 3.35. The van der Waals surface area contributed by atoms with Crippen LogP contribution in [0.25, 0.3) is 0 Å². The zero-order valence-corrected chi connectivity index (χ0v) is 13.0. The van der Waals surface area contributed by atoms with Gasteiger partial charge in [0.2, 0.25) is 5.88 Å². The van der Waals surface area contributed by atoms with E-state index in [-0.39, 0.29) is 28.1 Å². The number of benzene rings is 1. The van der Waals surface area contributed by atoms with Crippen molar-refractivity contribution in [3.05, 3.63) is 50.8 Å². The van der Waals surface area contributed by atoms with Crippen molar-refractivity contribution in [2.75, 3.05) is 0 Å². The second kappa shape index (κ2) is 6.65. The number of nitrogens with one attached hydrogen (secondary N) is 1. The van der Waals surface area contributed by atoms with E-state index in [1.54, 1.807) is 0 Å². The van der Waals surface area contributed by atoms with Gasteiger partial charge in [0, 0.05) is 12.3 Å². The largest absolute Gasteiger partial charge is 0.494 e. The van der Waals surface area contributed by atoms with Crippen LogP contribution in [0.5, 0.6) is 5.88 Å². The fourth-order valence-corrected chi connectivity index (χ4v) is 2.29. The second-order valence-corrected chi connectivity index (χ2v) is 5.25. The number of nitrogens with zero attached hydrogens (tertiary/aromatic N) is 2. The third kappa shape index (κ3) is 3.30. The highest BCUT2D eigenvalue weighted by Crippen LogP contribution is 2.21. The SMILES string of the molecule is CC[C@@H](C)n1c(O)c(C=Nc2ccc(F)cc2)c(=O)[nH]c1=S. The quantitative estimate of drug-likeness (QED) is 0.669. The highest BCUT2D eigenvalue weighted by atomic mass is 32.1. The van der Waals surface area contributed by atoms with Crippen molar-refractivity contribution in [3.63, 3.8) is 0 Å². The molecule has 116 valence electrons. The van der Waals surface area contributed by atoms with Crippen LogP contribution in [0, 0.1) is 10.6 Å². The number of aliphatic imine (C=N–C) groups is 1. The van der Waals surface area contributed by atoms with Crippen LogP contribution in [-0.4, -0.2) is 20.9 Å². The molecule has 0 aliphatic carbocycles. The molecule has 1 atom stereocenters. The van der Waals surface area contributed by atoms with E-state index in [4.69, 9.17) is 12.2 Å². The average molecular weight is 321 g/mol. The number of aromatic nitrogens is 2. The lowest BCUT2D eigenvalue weighted by Crippen LogP contribution is -2.20. The van der Waals surface area contributed by atoms with Crippen LogP contribution in [-0.2, 0) is 0 Å². The molecule has 2 aromatic rings. The van der Waals surface area contributed by atoms with Gasteiger partial charge in [0.05, 0.1) is 5.69 Å². The molecule has 0 amide bonds. The van der Waals surface area contributed by atoms with E-state index in [9.17, 15) is 14.3 Å². The first-order valence-electron chi connectivity index (χ1n) is 6.81. The fourth-order valence-electron chi connectivity index (χ4n) is 1.93. The molecule has 0 radical (unpaired) electrons. The predicted octanol–water partition coefficient (Wildman–Crippen LogP) is 3.47. The van der Waals surface area contributed by atoms with Crippen LogP contribution >= 0.6 is 12.2 Å². The van der Waals surface area contributed by atoms with E-state index in [2.05, 4.69) is 9.98 Å². The fraction of sp³-hybridized carbons (Fsp3) is 0.267. The molecule has 0 spiro atoms. The van der Waals surface area contributed by atoms with Crippen molar-refractivity contribution >= 4 is 24.1 Å². The van der Waals surface area contributed by atoms with Crippen molar-refractivity contribution in [2.24, 2.45) is 4.99 Å². The molecule has 0 unspecified atom stereocenters. The number of aromatic amines is 1. The third-order valence-corrected chi connectivity index (χ3v) is 3.65. The topological polar surface area (TPSA) is 70.4 Å². The number of halogens is 1. The van der Waals surface area contributed by atoms with Crippen LogP contribution < -0.4 is 5.56 Å². The molecule has 0 aliphatic heterocycles. The summed E-state index contributed by atoms with van der Waals surface area (Å²) in [7, 11) is 0. The molecule has 1 aromatic carbocycles. The smallest absolute Gasteiger partial charge is 0.264 e. The first-order valence-corrected chi connectivity index (χ1v) is 7.22. The maximum atomic E-state index is 12.8. The van der Waals surface area contributed by atoms with Gasteiger partial charge in [0.1, 0.15) is 11.4 Å². The number of hydrogen-bond donors (Lipinski definition) is 2. The van der Waals surface area contributed by atoms with Crippen molar-refractivity contribution in [1.82, 2.24) is 9.55 Å². The average Bonchev–Trinajstić information content (AvgIpc) is 2.48. The molecule has 2 rings (SSSR count). The zero-order valence-electron chi connectivity index (χ0n) is 12.2. The Kier molecular flexibility index (Phi) is 4.87. The lowest BCUT2D eigenvalue weighted by Gasteiger charge is -2.16. The van der Waals surface area contributed by atoms with E-state index in [1.807, 2.05) is 13.8 Å². The van der Waals surface area contributed by atoms with Gasteiger partial charge in [-0.3, -0.25) is 19.3 Å². The van der Waals surface area contributed by atoms with Crippen LogP contribution in [0.15, 0.2) is 34.1 Å². The van der Waals surface area contributed by atoms with E-state index in [1.165, 1.54) is 35.0 Å². The predicted molar refractivity (Wildman–Crippen MR) is 86.2 cm³/mol. The Hall–Kier alpha value is -2.28. The summed E-state index contributed by atoms with van der Waals surface area (Å²) in [4.78, 5) is 18.5. The maximum Gasteiger partial charge on any atom is 0.264 e. The Bertz CT molecular complexity index is 809. The summed E-state index contributed by atoms with van der Waals surface area (Å²) >= 11 is 5.08. The van der Waals surface area contributed by atoms with E-state index in [0.29, 0.717) is 5.69 Å². The molecule has 0 aliphatic rings. The lowest BCUT2D eigenvalue weighted by molar-refractivity contribution is 0.371. The molecule has 1 heterocycles. The summed E-state index contributed by atoms with van der Waals surface area (Å²) in [6, 6.07) is 5.41.